The van der Waals surface area contributed by atoms with Crippen molar-refractivity contribution in [2.75, 3.05) is 13.6 Å². The Morgan fingerprint density at radius 2 is 2.10 bits per heavy atom. The molecule has 1 saturated heterocycles. The predicted molar refractivity (Wildman–Crippen MR) is 48.2 cm³/mol. The molecule has 0 aliphatic carbocycles. The van der Waals surface area contributed by atoms with E-state index in [-0.39, 0.29) is 5.41 Å². The van der Waals surface area contributed by atoms with Crippen molar-refractivity contribution in [1.82, 2.24) is 4.90 Å². The van der Waals surface area contributed by atoms with Crippen LogP contribution in [0.2, 0.25) is 0 Å². The first-order valence-electron chi connectivity index (χ1n) is 3.72. The second-order valence-electron chi connectivity index (χ2n) is 3.81. The van der Waals surface area contributed by atoms with Gasteiger partial charge in [0.1, 0.15) is 0 Å². The van der Waals surface area contributed by atoms with Crippen molar-refractivity contribution in [3.63, 3.8) is 0 Å². The second kappa shape index (κ2) is 2.19. The summed E-state index contributed by atoms with van der Waals surface area (Å²) < 4.78 is 0. The van der Waals surface area contributed by atoms with E-state index in [2.05, 4.69) is 32.7 Å². The van der Waals surface area contributed by atoms with Crippen molar-refractivity contribution < 1.29 is 0 Å². The molecule has 0 amide bonds. The third-order valence-electron chi connectivity index (χ3n) is 2.68. The lowest BCUT2D eigenvalue weighted by atomic mass is 9.83. The predicted octanol–water partition coefficient (Wildman–Crippen LogP) is 1.92. The van der Waals surface area contributed by atoms with Crippen molar-refractivity contribution in [2.45, 2.75) is 20.8 Å². The Bertz CT molecular complexity index is 163. The van der Waals surface area contributed by atoms with Crippen LogP contribution in [0.3, 0.4) is 0 Å². The Balaban J connectivity index is 2.85. The van der Waals surface area contributed by atoms with Crippen LogP contribution < -0.4 is 0 Å². The number of hydrogen-bond acceptors (Lipinski definition) is 1. The van der Waals surface area contributed by atoms with Crippen molar-refractivity contribution >= 4 is 17.2 Å². The van der Waals surface area contributed by atoms with Crippen molar-refractivity contribution in [3.05, 3.63) is 0 Å². The maximum atomic E-state index is 5.28. The van der Waals surface area contributed by atoms with Crippen molar-refractivity contribution in [2.24, 2.45) is 11.3 Å². The Labute approximate surface area is 68.4 Å². The largest absolute Gasteiger partial charge is 0.368 e. The highest BCUT2D eigenvalue weighted by atomic mass is 32.1. The van der Waals surface area contributed by atoms with Crippen LogP contribution in [0.15, 0.2) is 0 Å². The van der Waals surface area contributed by atoms with Gasteiger partial charge in [-0.05, 0) is 5.92 Å². The van der Waals surface area contributed by atoms with Gasteiger partial charge in [0.15, 0.2) is 0 Å². The molecule has 2 heteroatoms. The molecule has 1 atom stereocenters. The zero-order valence-corrected chi connectivity index (χ0v) is 7.96. The van der Waals surface area contributed by atoms with E-state index in [0.717, 1.165) is 11.5 Å². The van der Waals surface area contributed by atoms with Gasteiger partial charge in [-0.25, -0.2) is 0 Å². The topological polar surface area (TPSA) is 3.24 Å². The second-order valence-corrected chi connectivity index (χ2v) is 4.20. The van der Waals surface area contributed by atoms with Crippen molar-refractivity contribution in [1.29, 1.82) is 0 Å². The maximum absolute atomic E-state index is 5.28. The lowest BCUT2D eigenvalue weighted by molar-refractivity contribution is 0.366. The van der Waals surface area contributed by atoms with E-state index in [1.807, 2.05) is 0 Å². The van der Waals surface area contributed by atoms with Gasteiger partial charge in [0, 0.05) is 19.0 Å². The summed E-state index contributed by atoms with van der Waals surface area (Å²) in [6.45, 7) is 7.83. The highest BCUT2D eigenvalue weighted by Gasteiger charge is 2.39. The van der Waals surface area contributed by atoms with E-state index in [1.165, 1.54) is 0 Å². The molecule has 1 aliphatic rings. The van der Waals surface area contributed by atoms with E-state index >= 15 is 0 Å². The minimum absolute atomic E-state index is 0.240. The number of nitrogens with zero attached hydrogens (tertiary/aromatic N) is 1. The Morgan fingerprint density at radius 3 is 2.20 bits per heavy atom. The van der Waals surface area contributed by atoms with Gasteiger partial charge in [-0.15, -0.1) is 0 Å². The summed E-state index contributed by atoms with van der Waals surface area (Å²) in [5, 5.41) is 0. The summed E-state index contributed by atoms with van der Waals surface area (Å²) in [5.41, 5.74) is 0.240. The van der Waals surface area contributed by atoms with Gasteiger partial charge in [0.05, 0.1) is 4.99 Å². The van der Waals surface area contributed by atoms with Crippen LogP contribution in [0.25, 0.3) is 0 Å². The summed E-state index contributed by atoms with van der Waals surface area (Å²) in [6, 6.07) is 0. The molecule has 0 unspecified atom stereocenters. The minimum atomic E-state index is 0.240. The fraction of sp³-hybridized carbons (Fsp3) is 0.875. The third-order valence-corrected chi connectivity index (χ3v) is 3.52. The first-order chi connectivity index (χ1) is 4.46. The zero-order valence-electron chi connectivity index (χ0n) is 7.14. The number of likely N-dealkylation sites (tertiary alicyclic amines) is 1. The number of rotatable bonds is 0. The average Bonchev–Trinajstić information content (AvgIpc) is 1.97. The van der Waals surface area contributed by atoms with Gasteiger partial charge >= 0.3 is 0 Å². The number of thiocarbonyl (C=S) groups is 1. The molecule has 0 N–H and O–H groups in total. The average molecular weight is 157 g/mol. The van der Waals surface area contributed by atoms with Gasteiger partial charge in [-0.3, -0.25) is 0 Å². The molecule has 0 bridgehead atoms. The highest BCUT2D eigenvalue weighted by Crippen LogP contribution is 2.35. The normalized spacial score (nSPS) is 31.4. The molecule has 1 aliphatic heterocycles. The van der Waals surface area contributed by atoms with Crippen LogP contribution in [0, 0.1) is 11.3 Å². The van der Waals surface area contributed by atoms with Crippen LogP contribution >= 0.6 is 12.2 Å². The monoisotopic (exact) mass is 157 g/mol. The van der Waals surface area contributed by atoms with Crippen molar-refractivity contribution in [3.8, 4) is 0 Å². The Morgan fingerprint density at radius 1 is 1.60 bits per heavy atom. The Kier molecular flexibility index (Phi) is 1.75. The molecule has 10 heavy (non-hydrogen) atoms. The van der Waals surface area contributed by atoms with Gasteiger partial charge in [0.25, 0.3) is 0 Å². The maximum Gasteiger partial charge on any atom is 0.0837 e. The van der Waals surface area contributed by atoms with E-state index < -0.39 is 0 Å². The standard InChI is InChI=1S/C8H15NS/c1-6-5-9(4)7(10)8(6,2)3/h6H,5H2,1-4H3/t6-/m0/s1. The van der Waals surface area contributed by atoms with Crippen LogP contribution in [-0.2, 0) is 0 Å². The summed E-state index contributed by atoms with van der Waals surface area (Å²) >= 11 is 5.28. The Hall–Kier alpha value is -0.110. The van der Waals surface area contributed by atoms with Crippen LogP contribution in [-0.4, -0.2) is 23.5 Å². The molecule has 1 nitrogen and oxygen atoms in total. The lowest BCUT2D eigenvalue weighted by Gasteiger charge is -2.22. The van der Waals surface area contributed by atoms with Crippen LogP contribution in [0.1, 0.15) is 20.8 Å². The molecule has 0 aromatic rings. The van der Waals surface area contributed by atoms with Gasteiger partial charge in [-0.2, -0.15) is 0 Å². The molecule has 0 radical (unpaired) electrons. The fourth-order valence-electron chi connectivity index (χ4n) is 1.42. The minimum Gasteiger partial charge on any atom is -0.368 e. The SMILES string of the molecule is C[C@H]1CN(C)C(=S)C1(C)C. The van der Waals surface area contributed by atoms with E-state index in [0.29, 0.717) is 5.92 Å². The van der Waals surface area contributed by atoms with E-state index in [4.69, 9.17) is 12.2 Å². The quantitative estimate of drug-likeness (QED) is 0.494. The number of hydrogen-bond donors (Lipinski definition) is 0. The molecule has 1 rings (SSSR count). The molecule has 0 aromatic carbocycles. The van der Waals surface area contributed by atoms with Gasteiger partial charge in [0.2, 0.25) is 0 Å². The molecular formula is C8H15NS. The molecule has 0 aromatic heterocycles. The fourth-order valence-corrected chi connectivity index (χ4v) is 1.70. The van der Waals surface area contributed by atoms with Gasteiger partial charge < -0.3 is 4.90 Å². The highest BCUT2D eigenvalue weighted by molar-refractivity contribution is 7.80. The smallest absolute Gasteiger partial charge is 0.0837 e. The molecule has 0 spiro atoms. The molecule has 1 heterocycles. The first kappa shape index (κ1) is 7.99. The molecule has 58 valence electrons. The molecular weight excluding hydrogens is 142 g/mol. The zero-order chi connectivity index (χ0) is 7.94. The van der Waals surface area contributed by atoms with E-state index in [1.54, 1.807) is 0 Å². The summed E-state index contributed by atoms with van der Waals surface area (Å²) in [6.07, 6.45) is 0. The molecule has 1 fully saturated rings. The van der Waals surface area contributed by atoms with Crippen LogP contribution in [0.4, 0.5) is 0 Å². The lowest BCUT2D eigenvalue weighted by Crippen LogP contribution is -2.26. The molecule has 0 saturated carbocycles. The first-order valence-corrected chi connectivity index (χ1v) is 4.12. The van der Waals surface area contributed by atoms with Gasteiger partial charge in [-0.1, -0.05) is 33.0 Å². The third kappa shape index (κ3) is 0.947. The summed E-state index contributed by atoms with van der Waals surface area (Å²) in [4.78, 5) is 3.29. The summed E-state index contributed by atoms with van der Waals surface area (Å²) in [7, 11) is 2.08. The summed E-state index contributed by atoms with van der Waals surface area (Å²) in [5.74, 6) is 0.699. The van der Waals surface area contributed by atoms with Crippen LogP contribution in [0.5, 0.6) is 0 Å². The van der Waals surface area contributed by atoms with E-state index in [9.17, 15) is 0 Å².